The molecule has 0 radical (unpaired) electrons. The highest BCUT2D eigenvalue weighted by atomic mass is 16.5. The normalized spacial score (nSPS) is 24.5. The van der Waals surface area contributed by atoms with Gasteiger partial charge in [0.25, 0.3) is 0 Å². The number of carbonyl (C=O) groups is 2. The van der Waals surface area contributed by atoms with Gasteiger partial charge in [0.1, 0.15) is 39.4 Å². The zero-order valence-corrected chi connectivity index (χ0v) is 25.1. The number of methoxy groups -OCH3 is 1. The molecule has 1 rings (SSSR count). The van der Waals surface area contributed by atoms with Crippen molar-refractivity contribution in [3.63, 3.8) is 0 Å². The third kappa shape index (κ3) is 12.8. The van der Waals surface area contributed by atoms with E-state index in [1.54, 1.807) is 7.11 Å². The Morgan fingerprint density at radius 1 is 0.919 bits per heavy atom. The van der Waals surface area contributed by atoms with Crippen molar-refractivity contribution in [1.29, 1.82) is 0 Å². The zero-order valence-electron chi connectivity index (χ0n) is 25.1. The van der Waals surface area contributed by atoms with E-state index in [2.05, 4.69) is 54.0 Å². The summed E-state index contributed by atoms with van der Waals surface area (Å²) >= 11 is 0. The SMILES string of the molecule is CC[N+](C)(CCOC)CCOC(=O)CCC1(C)CC(NC(=O)OCC[N+](C)(CC)CCO)CC(C)(C)C1. The second kappa shape index (κ2) is 15.2. The van der Waals surface area contributed by atoms with E-state index in [1.165, 1.54) is 0 Å². The molecule has 4 atom stereocenters. The van der Waals surface area contributed by atoms with Crippen molar-refractivity contribution in [1.82, 2.24) is 5.32 Å². The highest BCUT2D eigenvalue weighted by molar-refractivity contribution is 5.69. The summed E-state index contributed by atoms with van der Waals surface area (Å²) < 4.78 is 17.8. The van der Waals surface area contributed by atoms with Crippen LogP contribution in [0.3, 0.4) is 0 Å². The number of aliphatic hydroxyl groups is 1. The first kappa shape index (κ1) is 33.6. The second-order valence-electron chi connectivity index (χ2n) is 12.7. The Hall–Kier alpha value is -1.42. The number of rotatable bonds is 17. The summed E-state index contributed by atoms with van der Waals surface area (Å²) in [5, 5.41) is 12.4. The topological polar surface area (TPSA) is 94.1 Å². The van der Waals surface area contributed by atoms with Crippen molar-refractivity contribution in [3.8, 4) is 0 Å². The predicted molar refractivity (Wildman–Crippen MR) is 146 cm³/mol. The fraction of sp³-hybridized carbons (Fsp3) is 0.929. The van der Waals surface area contributed by atoms with Gasteiger partial charge in [-0.2, -0.15) is 0 Å². The lowest BCUT2D eigenvalue weighted by Crippen LogP contribution is -2.49. The van der Waals surface area contributed by atoms with Gasteiger partial charge in [-0.25, -0.2) is 4.79 Å². The van der Waals surface area contributed by atoms with Crippen molar-refractivity contribution >= 4 is 12.1 Å². The lowest BCUT2D eigenvalue weighted by molar-refractivity contribution is -0.908. The maximum Gasteiger partial charge on any atom is 0.407 e. The number of hydrogen-bond donors (Lipinski definition) is 2. The summed E-state index contributed by atoms with van der Waals surface area (Å²) in [7, 11) is 5.92. The molecule has 0 aliphatic heterocycles. The van der Waals surface area contributed by atoms with Crippen LogP contribution >= 0.6 is 0 Å². The molecule has 1 amide bonds. The quantitative estimate of drug-likeness (QED) is 0.221. The average molecular weight is 532 g/mol. The number of aliphatic hydroxyl groups excluding tert-OH is 1. The highest BCUT2D eigenvalue weighted by Crippen LogP contribution is 2.48. The molecule has 0 saturated heterocycles. The fourth-order valence-corrected chi connectivity index (χ4v) is 5.76. The molecule has 2 N–H and O–H groups in total. The third-order valence-corrected chi connectivity index (χ3v) is 8.46. The molecule has 218 valence electrons. The summed E-state index contributed by atoms with van der Waals surface area (Å²) in [5.74, 6) is -0.150. The van der Waals surface area contributed by atoms with E-state index < -0.39 is 0 Å². The lowest BCUT2D eigenvalue weighted by atomic mass is 9.61. The minimum Gasteiger partial charge on any atom is -0.460 e. The number of hydrogen-bond acceptors (Lipinski definition) is 6. The van der Waals surface area contributed by atoms with Crippen molar-refractivity contribution in [3.05, 3.63) is 0 Å². The standard InChI is InChI=1S/C28H56N3O6/c1-9-30(6,13-17-32)16-20-37-26(34)29-24-21-27(3,4)23-28(5,22-24)12-11-25(33)36-19-15-31(7,10-2)14-18-35-8/h24,32H,9-23H2,1-8H3/q+1/p+1. The Kier molecular flexibility index (Phi) is 13.8. The van der Waals surface area contributed by atoms with Crippen LogP contribution in [0.5, 0.6) is 0 Å². The number of ether oxygens (including phenoxy) is 3. The van der Waals surface area contributed by atoms with E-state index in [1.807, 2.05) is 0 Å². The van der Waals surface area contributed by atoms with Crippen molar-refractivity contribution in [2.24, 2.45) is 10.8 Å². The molecule has 1 saturated carbocycles. The molecule has 1 aliphatic rings. The van der Waals surface area contributed by atoms with Gasteiger partial charge in [0.2, 0.25) is 0 Å². The van der Waals surface area contributed by atoms with Crippen LogP contribution in [0.15, 0.2) is 0 Å². The summed E-state index contributed by atoms with van der Waals surface area (Å²) in [6.45, 7) is 17.2. The molecule has 1 aliphatic carbocycles. The molecular formula is C28H57N3O6+2. The Morgan fingerprint density at radius 3 is 2.05 bits per heavy atom. The summed E-state index contributed by atoms with van der Waals surface area (Å²) in [6, 6.07) is 0.00473. The van der Waals surface area contributed by atoms with Crippen LogP contribution in [-0.2, 0) is 19.0 Å². The lowest BCUT2D eigenvalue weighted by Gasteiger charge is -2.46. The van der Waals surface area contributed by atoms with E-state index in [-0.39, 0.29) is 35.5 Å². The first-order valence-electron chi connectivity index (χ1n) is 14.1. The molecule has 0 spiro atoms. The van der Waals surface area contributed by atoms with Crippen LogP contribution in [0, 0.1) is 10.8 Å². The molecule has 0 aromatic carbocycles. The Morgan fingerprint density at radius 2 is 1.49 bits per heavy atom. The first-order chi connectivity index (χ1) is 17.2. The number of amides is 1. The molecule has 37 heavy (non-hydrogen) atoms. The smallest absolute Gasteiger partial charge is 0.407 e. The van der Waals surface area contributed by atoms with Gasteiger partial charge in [0.15, 0.2) is 0 Å². The van der Waals surface area contributed by atoms with E-state index in [0.717, 1.165) is 56.3 Å². The minimum absolute atomic E-state index is 0.00473. The van der Waals surface area contributed by atoms with Gasteiger partial charge in [0.05, 0.1) is 40.4 Å². The minimum atomic E-state index is -0.387. The van der Waals surface area contributed by atoms with E-state index in [9.17, 15) is 14.7 Å². The van der Waals surface area contributed by atoms with Crippen molar-refractivity contribution in [2.45, 2.75) is 72.8 Å². The van der Waals surface area contributed by atoms with E-state index in [0.29, 0.717) is 43.8 Å². The number of carbonyl (C=O) groups excluding carboxylic acids is 2. The van der Waals surface area contributed by atoms with Gasteiger partial charge in [0, 0.05) is 19.6 Å². The van der Waals surface area contributed by atoms with Gasteiger partial charge in [-0.15, -0.1) is 0 Å². The number of nitrogens with one attached hydrogen (secondary N) is 1. The molecule has 0 aromatic rings. The van der Waals surface area contributed by atoms with Crippen LogP contribution < -0.4 is 5.32 Å². The molecule has 0 bridgehead atoms. The zero-order chi connectivity index (χ0) is 28.2. The summed E-state index contributed by atoms with van der Waals surface area (Å²) in [5.41, 5.74) is -0.0145. The molecule has 1 fully saturated rings. The fourth-order valence-electron chi connectivity index (χ4n) is 5.76. The average Bonchev–Trinajstić information content (AvgIpc) is 2.80. The van der Waals surface area contributed by atoms with Crippen LogP contribution in [0.25, 0.3) is 0 Å². The van der Waals surface area contributed by atoms with Gasteiger partial charge >= 0.3 is 12.1 Å². The van der Waals surface area contributed by atoms with Crippen molar-refractivity contribution < 1.29 is 37.9 Å². The van der Waals surface area contributed by atoms with Crippen LogP contribution in [-0.4, -0.2) is 119 Å². The molecule has 9 heteroatoms. The third-order valence-electron chi connectivity index (χ3n) is 8.46. The van der Waals surface area contributed by atoms with Gasteiger partial charge in [-0.05, 0) is 50.4 Å². The van der Waals surface area contributed by atoms with Crippen LogP contribution in [0.2, 0.25) is 0 Å². The number of quaternary nitrogens is 2. The summed E-state index contributed by atoms with van der Waals surface area (Å²) in [4.78, 5) is 25.1. The largest absolute Gasteiger partial charge is 0.460 e. The number of alkyl carbamates (subject to hydrolysis) is 1. The van der Waals surface area contributed by atoms with E-state index in [4.69, 9.17) is 14.2 Å². The van der Waals surface area contributed by atoms with Crippen LogP contribution in [0.4, 0.5) is 4.79 Å². The number of nitrogens with zero attached hydrogens (tertiary/aromatic N) is 2. The van der Waals surface area contributed by atoms with Gasteiger partial charge in [-0.3, -0.25) is 4.79 Å². The van der Waals surface area contributed by atoms with Gasteiger partial charge < -0.3 is 33.6 Å². The monoisotopic (exact) mass is 531 g/mol. The Balaban J connectivity index is 2.54. The first-order valence-corrected chi connectivity index (χ1v) is 14.1. The Bertz CT molecular complexity index is 705. The maximum atomic E-state index is 12.5. The molecule has 0 aromatic heterocycles. The predicted octanol–water partition coefficient (Wildman–Crippen LogP) is 3.19. The highest BCUT2D eigenvalue weighted by Gasteiger charge is 2.42. The number of likely N-dealkylation sites (N-methyl/N-ethyl adjacent to an activating group) is 2. The van der Waals surface area contributed by atoms with Crippen LogP contribution in [0.1, 0.15) is 66.7 Å². The second-order valence-corrected chi connectivity index (χ2v) is 12.7. The van der Waals surface area contributed by atoms with E-state index >= 15 is 0 Å². The molecule has 0 heterocycles. The van der Waals surface area contributed by atoms with Gasteiger partial charge in [-0.1, -0.05) is 20.8 Å². The summed E-state index contributed by atoms with van der Waals surface area (Å²) in [6.07, 6.45) is 3.42. The molecule has 9 nitrogen and oxygen atoms in total. The molecule has 4 unspecified atom stereocenters. The molecular weight excluding hydrogens is 474 g/mol. The number of esters is 1. The Labute approximate surface area is 226 Å². The van der Waals surface area contributed by atoms with Crippen molar-refractivity contribution in [2.75, 3.05) is 86.9 Å². The maximum absolute atomic E-state index is 12.5.